The van der Waals surface area contributed by atoms with Crippen LogP contribution in [0.1, 0.15) is 438 Å². The highest BCUT2D eigenvalue weighted by molar-refractivity contribution is 7.45. The van der Waals surface area contributed by atoms with E-state index in [2.05, 4.69) is 86.8 Å². The molecule has 0 aromatic carbocycles. The molecule has 2 atom stereocenters. The van der Waals surface area contributed by atoms with Gasteiger partial charge in [-0.2, -0.15) is 0 Å². The Kier molecular flexibility index (Phi) is 78.5. The summed E-state index contributed by atoms with van der Waals surface area (Å²) in [6.07, 6.45) is 111. The van der Waals surface area contributed by atoms with E-state index in [9.17, 15) is 19.0 Å². The van der Waals surface area contributed by atoms with Crippen molar-refractivity contribution >= 4 is 19.8 Å². The quantitative estimate of drug-likeness (QED) is 0.0195. The zero-order chi connectivity index (χ0) is 72.5. The molecule has 9 nitrogen and oxygen atoms in total. The Balaban J connectivity index is 3.87. The Labute approximate surface area is 622 Å². The van der Waals surface area contributed by atoms with Crippen LogP contribution in [0.4, 0.5) is 0 Å². The Hall–Kier alpha value is -2.55. The molecule has 0 aliphatic rings. The molecule has 0 amide bonds. The van der Waals surface area contributed by atoms with E-state index in [0.29, 0.717) is 17.4 Å². The molecule has 2 unspecified atom stereocenters. The second-order valence-corrected chi connectivity index (χ2v) is 32.3. The molecule has 0 aliphatic heterocycles. The van der Waals surface area contributed by atoms with Gasteiger partial charge in [-0.25, -0.2) is 0 Å². The summed E-state index contributed by atoms with van der Waals surface area (Å²) in [5, 5.41) is 0. The highest BCUT2D eigenvalue weighted by Crippen LogP contribution is 2.38. The minimum atomic E-state index is -4.65. The van der Waals surface area contributed by atoms with E-state index in [-0.39, 0.29) is 32.0 Å². The van der Waals surface area contributed by atoms with Gasteiger partial charge in [-0.1, -0.05) is 433 Å². The van der Waals surface area contributed by atoms with Gasteiger partial charge in [-0.3, -0.25) is 14.2 Å². The number of unbranched alkanes of at least 4 members (excludes halogenated alkanes) is 56. The van der Waals surface area contributed by atoms with Gasteiger partial charge in [0.05, 0.1) is 27.7 Å². The number of carbonyl (C=O) groups is 2. The van der Waals surface area contributed by atoms with Crippen LogP contribution in [0.3, 0.4) is 0 Å². The van der Waals surface area contributed by atoms with Crippen molar-refractivity contribution in [3.8, 4) is 0 Å². The highest BCUT2D eigenvalue weighted by atomic mass is 31.2. The second-order valence-electron chi connectivity index (χ2n) is 30.9. The third-order valence-electron chi connectivity index (χ3n) is 19.7. The Morgan fingerprint density at radius 1 is 0.320 bits per heavy atom. The number of hydrogen-bond acceptors (Lipinski definition) is 8. The average Bonchev–Trinajstić information content (AvgIpc) is 1.65. The smallest absolute Gasteiger partial charge is 0.306 e. The van der Waals surface area contributed by atoms with E-state index in [0.717, 1.165) is 77.0 Å². The van der Waals surface area contributed by atoms with Crippen LogP contribution in [0.2, 0.25) is 0 Å². The van der Waals surface area contributed by atoms with Crippen molar-refractivity contribution in [1.29, 1.82) is 0 Å². The first-order valence-corrected chi connectivity index (χ1v) is 45.1. The predicted octanol–water partition coefficient (Wildman–Crippen LogP) is 28.8. The monoisotopic (exact) mass is 1420 g/mol. The molecular formula is C90H168NO8P. The van der Waals surface area contributed by atoms with Gasteiger partial charge >= 0.3 is 11.9 Å². The first-order chi connectivity index (χ1) is 49.0. The zero-order valence-corrected chi connectivity index (χ0v) is 68.1. The van der Waals surface area contributed by atoms with Crippen molar-refractivity contribution in [3.63, 3.8) is 0 Å². The van der Waals surface area contributed by atoms with Crippen LogP contribution in [0.15, 0.2) is 72.9 Å². The summed E-state index contributed by atoms with van der Waals surface area (Å²) in [6, 6.07) is 0. The van der Waals surface area contributed by atoms with Crippen molar-refractivity contribution in [2.45, 2.75) is 444 Å². The van der Waals surface area contributed by atoms with Crippen LogP contribution in [0.25, 0.3) is 0 Å². The molecule has 0 bridgehead atoms. The summed E-state index contributed by atoms with van der Waals surface area (Å²) in [5.41, 5.74) is 0. The van der Waals surface area contributed by atoms with Crippen molar-refractivity contribution in [2.24, 2.45) is 0 Å². The lowest BCUT2D eigenvalue weighted by molar-refractivity contribution is -0.870. The van der Waals surface area contributed by atoms with Gasteiger partial charge in [0.15, 0.2) is 6.10 Å². The van der Waals surface area contributed by atoms with Gasteiger partial charge in [-0.05, 0) is 64.2 Å². The number of phosphoric ester groups is 1. The van der Waals surface area contributed by atoms with E-state index in [4.69, 9.17) is 18.5 Å². The van der Waals surface area contributed by atoms with Gasteiger partial charge < -0.3 is 27.9 Å². The number of carbonyl (C=O) groups excluding carboxylic acids is 2. The van der Waals surface area contributed by atoms with Crippen molar-refractivity contribution < 1.29 is 42.1 Å². The fourth-order valence-corrected chi connectivity index (χ4v) is 13.9. The molecule has 10 heteroatoms. The third-order valence-corrected chi connectivity index (χ3v) is 20.7. The normalized spacial score (nSPS) is 13.3. The first-order valence-electron chi connectivity index (χ1n) is 43.6. The molecular weight excluding hydrogens is 1250 g/mol. The number of nitrogens with zero attached hydrogens (tertiary/aromatic N) is 1. The fraction of sp³-hybridized carbons (Fsp3) is 0.844. The molecule has 0 heterocycles. The van der Waals surface area contributed by atoms with Crippen LogP contribution in [-0.2, 0) is 32.7 Å². The molecule has 0 aliphatic carbocycles. The van der Waals surface area contributed by atoms with E-state index in [1.165, 1.54) is 327 Å². The van der Waals surface area contributed by atoms with Crippen LogP contribution >= 0.6 is 7.82 Å². The first kappa shape index (κ1) is 97.4. The number of quaternary nitrogens is 1. The summed E-state index contributed by atoms with van der Waals surface area (Å²) in [7, 11) is 1.18. The van der Waals surface area contributed by atoms with Crippen molar-refractivity contribution in [3.05, 3.63) is 72.9 Å². The SMILES string of the molecule is CC/C=C\C/C=C\C/C=C\C/C=C\C/C=C\C/C=C\CCCCCCCCCCCCCCCCCCC(=O)OC(COC(=O)CCCCCCCCCCCCCCCCCCCCCCCCCCCCCCCCCCCCCCCCCCC)COP(=O)([O-])OCC[N+](C)(C)C. The predicted molar refractivity (Wildman–Crippen MR) is 434 cm³/mol. The van der Waals surface area contributed by atoms with Gasteiger partial charge in [-0.15, -0.1) is 0 Å². The van der Waals surface area contributed by atoms with Crippen molar-refractivity contribution in [2.75, 3.05) is 47.5 Å². The average molecular weight is 1420 g/mol. The molecule has 0 spiro atoms. The maximum atomic E-state index is 12.9. The lowest BCUT2D eigenvalue weighted by Gasteiger charge is -2.28. The molecule has 0 N–H and O–H groups in total. The molecule has 0 aromatic rings. The zero-order valence-electron chi connectivity index (χ0n) is 67.2. The number of rotatable bonds is 82. The highest BCUT2D eigenvalue weighted by Gasteiger charge is 2.22. The van der Waals surface area contributed by atoms with Crippen LogP contribution in [0, 0.1) is 0 Å². The van der Waals surface area contributed by atoms with Gasteiger partial charge in [0.2, 0.25) is 0 Å². The Morgan fingerprint density at radius 2 is 0.570 bits per heavy atom. The third kappa shape index (κ3) is 84.4. The number of allylic oxidation sites excluding steroid dienone is 12. The summed E-state index contributed by atoms with van der Waals surface area (Å²) in [5.74, 6) is -0.812. The summed E-state index contributed by atoms with van der Waals surface area (Å²) in [6.45, 7) is 4.20. The lowest BCUT2D eigenvalue weighted by atomic mass is 10.0. The molecule has 0 saturated carbocycles. The van der Waals surface area contributed by atoms with E-state index in [1.807, 2.05) is 21.1 Å². The molecule has 586 valence electrons. The Bertz CT molecular complexity index is 1920. The van der Waals surface area contributed by atoms with E-state index >= 15 is 0 Å². The molecule has 0 rings (SSSR count). The molecule has 0 saturated heterocycles. The number of phosphoric acid groups is 1. The van der Waals surface area contributed by atoms with Crippen LogP contribution in [-0.4, -0.2) is 70.0 Å². The van der Waals surface area contributed by atoms with E-state index < -0.39 is 26.5 Å². The van der Waals surface area contributed by atoms with E-state index in [1.54, 1.807) is 0 Å². The maximum absolute atomic E-state index is 12.9. The summed E-state index contributed by atoms with van der Waals surface area (Å²) < 4.78 is 34.5. The molecule has 0 aromatic heterocycles. The second kappa shape index (κ2) is 80.5. The Morgan fingerprint density at radius 3 is 0.850 bits per heavy atom. The maximum Gasteiger partial charge on any atom is 0.306 e. The molecule has 100 heavy (non-hydrogen) atoms. The summed E-state index contributed by atoms with van der Waals surface area (Å²) >= 11 is 0. The minimum absolute atomic E-state index is 0.0298. The van der Waals surface area contributed by atoms with Crippen LogP contribution < -0.4 is 4.89 Å². The number of ether oxygens (including phenoxy) is 2. The molecule has 0 fully saturated rings. The largest absolute Gasteiger partial charge is 0.756 e. The number of hydrogen-bond donors (Lipinski definition) is 0. The molecule has 0 radical (unpaired) electrons. The fourth-order valence-electron chi connectivity index (χ4n) is 13.1. The topological polar surface area (TPSA) is 111 Å². The van der Waals surface area contributed by atoms with Crippen molar-refractivity contribution in [1.82, 2.24) is 0 Å². The minimum Gasteiger partial charge on any atom is -0.756 e. The number of likely N-dealkylation sites (N-methyl/N-ethyl adjacent to an activating group) is 1. The van der Waals surface area contributed by atoms with Gasteiger partial charge in [0.25, 0.3) is 7.82 Å². The van der Waals surface area contributed by atoms with Gasteiger partial charge in [0.1, 0.15) is 19.8 Å². The lowest BCUT2D eigenvalue weighted by Crippen LogP contribution is -2.37. The summed E-state index contributed by atoms with van der Waals surface area (Å²) in [4.78, 5) is 38.2. The van der Waals surface area contributed by atoms with Crippen LogP contribution in [0.5, 0.6) is 0 Å². The van der Waals surface area contributed by atoms with Gasteiger partial charge in [0, 0.05) is 12.8 Å². The number of esters is 2. The standard InChI is InChI=1S/C90H168NO8P/c1-6-8-10-12-14-16-18-20-22-24-26-28-30-32-34-36-38-40-42-43-44-45-46-47-49-50-52-54-56-58-60-62-64-66-68-70-72-74-76-78-80-82-89(92)96-86-88(87-98-100(94,95)97-85-84-91(3,4)5)99-90(93)83-81-79-77-75-73-71-69-67-65-63-61-59-57-55-53-51-48-41-39-37-35-33-31-29-27-25-23-21-19-17-15-13-11-9-7-2/h9,11,15,17,21,23,27,29,33,35,39,41,88H,6-8,10,12-14,16,18-20,22,24-26,28,30-32,34,36-38,40,42-87H2,1-5H3/b11-9-,17-15-,23-21-,29-27-,35-33-,41-39-.